The molecule has 0 aliphatic carbocycles. The summed E-state index contributed by atoms with van der Waals surface area (Å²) in [6.07, 6.45) is 5.36. The van der Waals surface area contributed by atoms with Gasteiger partial charge in [0.05, 0.1) is 6.10 Å². The molecule has 0 saturated carbocycles. The van der Waals surface area contributed by atoms with Crippen LogP contribution in [0.5, 0.6) is 0 Å². The molecule has 15 heavy (non-hydrogen) atoms. The molecule has 3 nitrogen and oxygen atoms in total. The summed E-state index contributed by atoms with van der Waals surface area (Å²) in [6, 6.07) is 0.435. The fourth-order valence-corrected chi connectivity index (χ4v) is 3.13. The van der Waals surface area contributed by atoms with Crippen LogP contribution >= 0.6 is 0 Å². The predicted molar refractivity (Wildman–Crippen MR) is 61.8 cm³/mol. The van der Waals surface area contributed by atoms with E-state index in [9.17, 15) is 0 Å². The average molecular weight is 212 g/mol. The number of likely N-dealkylation sites (tertiary alicyclic amines) is 1. The fourth-order valence-electron chi connectivity index (χ4n) is 3.13. The lowest BCUT2D eigenvalue weighted by atomic mass is 9.98. The SMILES string of the molecule is CC1(C)CCCN1C(CN)C1CCCO1. The normalized spacial score (nSPS) is 33.4. The number of rotatable bonds is 3. The van der Waals surface area contributed by atoms with Crippen molar-refractivity contribution in [2.75, 3.05) is 19.7 Å². The Hall–Kier alpha value is -0.120. The quantitative estimate of drug-likeness (QED) is 0.768. The summed E-state index contributed by atoms with van der Waals surface area (Å²) in [5.41, 5.74) is 6.25. The summed E-state index contributed by atoms with van der Waals surface area (Å²) >= 11 is 0. The number of nitrogens with zero attached hydrogens (tertiary/aromatic N) is 1. The van der Waals surface area contributed by atoms with E-state index in [2.05, 4.69) is 18.7 Å². The molecule has 0 aromatic heterocycles. The van der Waals surface area contributed by atoms with Gasteiger partial charge in [0.25, 0.3) is 0 Å². The Morgan fingerprint density at radius 2 is 2.27 bits per heavy atom. The average Bonchev–Trinajstić information content (AvgIpc) is 2.78. The van der Waals surface area contributed by atoms with Crippen molar-refractivity contribution in [3.05, 3.63) is 0 Å². The Bertz CT molecular complexity index is 212. The molecule has 2 N–H and O–H groups in total. The van der Waals surface area contributed by atoms with Gasteiger partial charge in [-0.2, -0.15) is 0 Å². The second-order valence-corrected chi connectivity index (χ2v) is 5.46. The van der Waals surface area contributed by atoms with Gasteiger partial charge in [-0.25, -0.2) is 0 Å². The summed E-state index contributed by atoms with van der Waals surface area (Å²) in [4.78, 5) is 2.57. The van der Waals surface area contributed by atoms with E-state index in [-0.39, 0.29) is 0 Å². The monoisotopic (exact) mass is 212 g/mol. The third-order valence-corrected chi connectivity index (χ3v) is 4.00. The van der Waals surface area contributed by atoms with E-state index >= 15 is 0 Å². The second-order valence-electron chi connectivity index (χ2n) is 5.46. The van der Waals surface area contributed by atoms with Crippen molar-refractivity contribution in [2.24, 2.45) is 5.73 Å². The predicted octanol–water partition coefficient (Wildman–Crippen LogP) is 1.37. The van der Waals surface area contributed by atoms with Crippen LogP contribution in [0.4, 0.5) is 0 Å². The first-order valence-electron chi connectivity index (χ1n) is 6.23. The maximum atomic E-state index is 5.93. The van der Waals surface area contributed by atoms with Crippen LogP contribution < -0.4 is 5.73 Å². The molecule has 2 saturated heterocycles. The molecule has 3 heteroatoms. The highest BCUT2D eigenvalue weighted by atomic mass is 16.5. The lowest BCUT2D eigenvalue weighted by Gasteiger charge is -2.40. The fraction of sp³-hybridized carbons (Fsp3) is 1.00. The zero-order valence-corrected chi connectivity index (χ0v) is 10.0. The summed E-state index contributed by atoms with van der Waals surface area (Å²) in [7, 11) is 0. The van der Waals surface area contributed by atoms with Crippen LogP contribution in [0.2, 0.25) is 0 Å². The van der Waals surface area contributed by atoms with Crippen LogP contribution in [0.1, 0.15) is 39.5 Å². The van der Waals surface area contributed by atoms with Gasteiger partial charge in [-0.3, -0.25) is 4.90 Å². The Labute approximate surface area is 93.0 Å². The molecule has 0 spiro atoms. The van der Waals surface area contributed by atoms with Gasteiger partial charge in [-0.1, -0.05) is 0 Å². The molecule has 2 aliphatic heterocycles. The van der Waals surface area contributed by atoms with Crippen LogP contribution in [-0.2, 0) is 4.74 Å². The van der Waals surface area contributed by atoms with E-state index in [0.29, 0.717) is 17.7 Å². The maximum absolute atomic E-state index is 5.93. The Morgan fingerprint density at radius 1 is 1.47 bits per heavy atom. The molecule has 88 valence electrons. The highest BCUT2D eigenvalue weighted by Gasteiger charge is 2.40. The van der Waals surface area contributed by atoms with Crippen LogP contribution in [0.15, 0.2) is 0 Å². The van der Waals surface area contributed by atoms with Crippen LogP contribution in [0.3, 0.4) is 0 Å². The standard InChI is InChI=1S/C12H24N2O/c1-12(2)6-4-7-14(12)10(9-13)11-5-3-8-15-11/h10-11H,3-9,13H2,1-2H3. The number of nitrogens with two attached hydrogens (primary N) is 1. The first-order chi connectivity index (χ1) is 7.15. The Balaban J connectivity index is 2.05. The van der Waals surface area contributed by atoms with Crippen molar-refractivity contribution in [3.63, 3.8) is 0 Å². The minimum atomic E-state index is 0.315. The summed E-state index contributed by atoms with van der Waals surface area (Å²) in [5, 5.41) is 0. The van der Waals surface area contributed by atoms with E-state index in [1.54, 1.807) is 0 Å². The summed E-state index contributed by atoms with van der Waals surface area (Å²) < 4.78 is 5.79. The first-order valence-corrected chi connectivity index (χ1v) is 6.23. The van der Waals surface area contributed by atoms with E-state index in [4.69, 9.17) is 10.5 Å². The number of hydrogen-bond acceptors (Lipinski definition) is 3. The van der Waals surface area contributed by atoms with Gasteiger partial charge in [-0.05, 0) is 46.1 Å². The zero-order chi connectivity index (χ0) is 10.9. The van der Waals surface area contributed by atoms with E-state index < -0.39 is 0 Å². The number of ether oxygens (including phenoxy) is 1. The summed E-state index contributed by atoms with van der Waals surface area (Å²) in [6.45, 7) is 7.51. The van der Waals surface area contributed by atoms with Crippen LogP contribution in [-0.4, -0.2) is 42.3 Å². The molecule has 2 atom stereocenters. The topological polar surface area (TPSA) is 38.5 Å². The lowest BCUT2D eigenvalue weighted by molar-refractivity contribution is 0.00222. The van der Waals surface area contributed by atoms with Crippen LogP contribution in [0.25, 0.3) is 0 Å². The molecule has 2 rings (SSSR count). The molecule has 2 unspecified atom stereocenters. The minimum Gasteiger partial charge on any atom is -0.377 e. The van der Waals surface area contributed by atoms with Gasteiger partial charge >= 0.3 is 0 Å². The van der Waals surface area contributed by atoms with Crippen molar-refractivity contribution in [3.8, 4) is 0 Å². The molecule has 0 radical (unpaired) electrons. The van der Waals surface area contributed by atoms with Crippen molar-refractivity contribution in [1.82, 2.24) is 4.90 Å². The number of hydrogen-bond donors (Lipinski definition) is 1. The zero-order valence-electron chi connectivity index (χ0n) is 10.0. The minimum absolute atomic E-state index is 0.315. The van der Waals surface area contributed by atoms with Gasteiger partial charge < -0.3 is 10.5 Å². The molecule has 0 bridgehead atoms. The van der Waals surface area contributed by atoms with Crippen molar-refractivity contribution < 1.29 is 4.74 Å². The molecule has 0 aromatic rings. The highest BCUT2D eigenvalue weighted by Crippen LogP contribution is 2.33. The van der Waals surface area contributed by atoms with E-state index in [1.165, 1.54) is 32.2 Å². The maximum Gasteiger partial charge on any atom is 0.0743 e. The van der Waals surface area contributed by atoms with Crippen LogP contribution in [0, 0.1) is 0 Å². The Morgan fingerprint density at radius 3 is 2.73 bits per heavy atom. The third-order valence-electron chi connectivity index (χ3n) is 4.00. The van der Waals surface area contributed by atoms with E-state index in [0.717, 1.165) is 13.2 Å². The largest absolute Gasteiger partial charge is 0.377 e. The highest BCUT2D eigenvalue weighted by molar-refractivity contribution is 4.96. The van der Waals surface area contributed by atoms with Gasteiger partial charge in [0.15, 0.2) is 0 Å². The van der Waals surface area contributed by atoms with E-state index in [1.807, 2.05) is 0 Å². The van der Waals surface area contributed by atoms with Crippen molar-refractivity contribution >= 4 is 0 Å². The van der Waals surface area contributed by atoms with Gasteiger partial charge in [-0.15, -0.1) is 0 Å². The van der Waals surface area contributed by atoms with Crippen molar-refractivity contribution in [2.45, 2.75) is 57.2 Å². The molecule has 2 fully saturated rings. The van der Waals surface area contributed by atoms with Gasteiger partial charge in [0, 0.05) is 24.7 Å². The molecular formula is C12H24N2O. The summed E-state index contributed by atoms with van der Waals surface area (Å²) in [5.74, 6) is 0. The molecular weight excluding hydrogens is 188 g/mol. The molecule has 2 heterocycles. The molecule has 2 aliphatic rings. The molecule has 0 amide bonds. The Kier molecular flexibility index (Phi) is 3.33. The first kappa shape index (κ1) is 11.4. The van der Waals surface area contributed by atoms with Crippen molar-refractivity contribution in [1.29, 1.82) is 0 Å². The van der Waals surface area contributed by atoms with Gasteiger partial charge in [0.2, 0.25) is 0 Å². The third kappa shape index (κ3) is 2.19. The lowest BCUT2D eigenvalue weighted by Crippen LogP contribution is -2.54. The second kappa shape index (κ2) is 4.40. The van der Waals surface area contributed by atoms with Gasteiger partial charge in [0.1, 0.15) is 0 Å². The molecule has 0 aromatic carbocycles. The smallest absolute Gasteiger partial charge is 0.0743 e.